The van der Waals surface area contributed by atoms with Crippen LogP contribution in [-0.2, 0) is 4.79 Å². The highest BCUT2D eigenvalue weighted by Gasteiger charge is 2.31. The van der Waals surface area contributed by atoms with Gasteiger partial charge in [-0.25, -0.2) is 5.01 Å². The van der Waals surface area contributed by atoms with Gasteiger partial charge in [0, 0.05) is 23.5 Å². The number of nitrogens with zero attached hydrogens (tertiary/aromatic N) is 3. The molecule has 1 amide bonds. The van der Waals surface area contributed by atoms with Crippen molar-refractivity contribution in [2.24, 2.45) is 15.8 Å². The number of carbonyl (C=O) groups excluding carboxylic acids is 1. The minimum absolute atomic E-state index is 0.0945. The van der Waals surface area contributed by atoms with E-state index in [2.05, 4.69) is 47.0 Å². The summed E-state index contributed by atoms with van der Waals surface area (Å²) in [5.41, 5.74) is 5.46. The van der Waals surface area contributed by atoms with Gasteiger partial charge in [-0.2, -0.15) is 5.10 Å². The van der Waals surface area contributed by atoms with E-state index in [1.54, 1.807) is 0 Å². The van der Waals surface area contributed by atoms with Crippen LogP contribution in [0.15, 0.2) is 51.5 Å². The van der Waals surface area contributed by atoms with E-state index in [1.807, 2.05) is 41.5 Å². The van der Waals surface area contributed by atoms with Crippen LogP contribution in [0.25, 0.3) is 0 Å². The summed E-state index contributed by atoms with van der Waals surface area (Å²) in [5.74, 6) is 1.48. The Kier molecular flexibility index (Phi) is 8.96. The number of fused-ring (bicyclic) bond motifs is 1. The molecule has 3 rings (SSSR count). The van der Waals surface area contributed by atoms with Crippen LogP contribution >= 0.6 is 11.8 Å². The van der Waals surface area contributed by atoms with Crippen LogP contribution in [0.5, 0.6) is 0 Å². The first kappa shape index (κ1) is 20.2. The van der Waals surface area contributed by atoms with Gasteiger partial charge < -0.3 is 5.73 Å². The molecule has 2 aliphatic heterocycles. The van der Waals surface area contributed by atoms with E-state index < -0.39 is 0 Å². The molecule has 0 aliphatic carbocycles. The third-order valence-corrected chi connectivity index (χ3v) is 5.40. The van der Waals surface area contributed by atoms with Gasteiger partial charge >= 0.3 is 0 Å². The van der Waals surface area contributed by atoms with Crippen LogP contribution < -0.4 is 5.73 Å². The molecule has 2 N–H and O–H groups in total. The summed E-state index contributed by atoms with van der Waals surface area (Å²) in [6.45, 7) is 2.26. The molecule has 0 bridgehead atoms. The highest BCUT2D eigenvalue weighted by molar-refractivity contribution is 7.99. The molecule has 0 saturated heterocycles. The lowest BCUT2D eigenvalue weighted by Gasteiger charge is -2.23. The number of hydrogen-bond donors (Lipinski definition) is 1. The molecule has 0 spiro atoms. The number of primary amides is 1. The van der Waals surface area contributed by atoms with Crippen LogP contribution in [0.3, 0.4) is 0 Å². The van der Waals surface area contributed by atoms with Gasteiger partial charge in [-0.05, 0) is 35.9 Å². The maximum absolute atomic E-state index is 8.58. The fourth-order valence-corrected chi connectivity index (χ4v) is 3.86. The summed E-state index contributed by atoms with van der Waals surface area (Å²) < 4.78 is 0. The third-order valence-electron chi connectivity index (χ3n) is 4.30. The number of aliphatic imine (C=N–C) groups is 1. The number of nitrogens with two attached hydrogens (primary N) is 1. The van der Waals surface area contributed by atoms with Crippen molar-refractivity contribution < 1.29 is 4.79 Å². The lowest BCUT2D eigenvalue weighted by molar-refractivity contribution is -0.106. The molecule has 0 aromatic heterocycles. The summed E-state index contributed by atoms with van der Waals surface area (Å²) in [7, 11) is 0. The quantitative estimate of drug-likeness (QED) is 0.423. The minimum atomic E-state index is 0.0945. The summed E-state index contributed by atoms with van der Waals surface area (Å²) >= 11 is 1.97. The second-order valence-electron chi connectivity index (χ2n) is 6.19. The number of carbonyl (C=O) groups is 1. The Morgan fingerprint density at radius 1 is 1.19 bits per heavy atom. The third kappa shape index (κ3) is 6.02. The first-order chi connectivity index (χ1) is 12.8. The van der Waals surface area contributed by atoms with Crippen molar-refractivity contribution >= 4 is 30.6 Å². The van der Waals surface area contributed by atoms with Crippen molar-refractivity contribution in [2.75, 3.05) is 5.75 Å². The van der Waals surface area contributed by atoms with Crippen molar-refractivity contribution in [3.05, 3.63) is 42.1 Å². The molecule has 5 nitrogen and oxygen atoms in total. The summed E-state index contributed by atoms with van der Waals surface area (Å²) in [4.78, 5) is 14.5. The van der Waals surface area contributed by atoms with Crippen molar-refractivity contribution in [3.8, 4) is 0 Å². The van der Waals surface area contributed by atoms with Gasteiger partial charge in [0.25, 0.3) is 0 Å². The van der Waals surface area contributed by atoms with Gasteiger partial charge in [0.05, 0.1) is 5.92 Å². The van der Waals surface area contributed by atoms with Crippen LogP contribution in [0.4, 0.5) is 0 Å². The topological polar surface area (TPSA) is 71.1 Å². The Balaban J connectivity index is 0.000000758. The van der Waals surface area contributed by atoms with E-state index in [1.165, 1.54) is 48.3 Å². The van der Waals surface area contributed by atoms with E-state index in [4.69, 9.17) is 4.79 Å². The van der Waals surface area contributed by atoms with E-state index in [9.17, 15) is 0 Å². The second-order valence-corrected chi connectivity index (χ2v) is 7.36. The maximum atomic E-state index is 8.58. The van der Waals surface area contributed by atoms with Crippen molar-refractivity contribution in [2.45, 2.75) is 56.0 Å². The number of unbranched alkanes of at least 4 members (excludes halogenated alkanes) is 4. The molecule has 2 heterocycles. The van der Waals surface area contributed by atoms with E-state index in [0.717, 1.165) is 0 Å². The van der Waals surface area contributed by atoms with Crippen LogP contribution in [0.2, 0.25) is 0 Å². The monoisotopic (exact) mass is 372 g/mol. The molecular weight excluding hydrogens is 344 g/mol. The zero-order valence-electron chi connectivity index (χ0n) is 15.3. The van der Waals surface area contributed by atoms with E-state index in [-0.39, 0.29) is 18.5 Å². The van der Waals surface area contributed by atoms with Crippen LogP contribution in [0.1, 0.15) is 50.5 Å². The average molecular weight is 373 g/mol. The fraction of sp³-hybridized carbons (Fsp3) is 0.450. The molecule has 140 valence electrons. The highest BCUT2D eigenvalue weighted by atomic mass is 32.2. The largest absolute Gasteiger partial charge is 0.372 e. The van der Waals surface area contributed by atoms with Gasteiger partial charge in [-0.15, -0.1) is 11.8 Å². The maximum Gasteiger partial charge on any atom is 0.204 e. The molecule has 2 unspecified atom stereocenters. The number of allylic oxidation sites excluding steroid dienone is 1. The summed E-state index contributed by atoms with van der Waals surface area (Å²) in [6.07, 6.45) is 14.9. The molecule has 2 aliphatic rings. The van der Waals surface area contributed by atoms with Crippen LogP contribution in [-0.4, -0.2) is 35.8 Å². The normalized spacial score (nSPS) is 19.8. The minimum Gasteiger partial charge on any atom is -0.372 e. The van der Waals surface area contributed by atoms with E-state index in [0.29, 0.717) is 0 Å². The predicted molar refractivity (Wildman–Crippen MR) is 111 cm³/mol. The second kappa shape index (κ2) is 11.5. The molecule has 26 heavy (non-hydrogen) atoms. The SMILES string of the molecule is CCCCCCCSc1ccc(C2C=NN3C=CC=NC23)cc1.NC=O. The zero-order valence-corrected chi connectivity index (χ0v) is 16.1. The summed E-state index contributed by atoms with van der Waals surface area (Å²) in [6, 6.07) is 8.94. The Labute approximate surface area is 160 Å². The van der Waals surface area contributed by atoms with Gasteiger partial charge in [0.1, 0.15) is 0 Å². The lowest BCUT2D eigenvalue weighted by atomic mass is 9.98. The number of thioether (sulfide) groups is 1. The molecular formula is C20H28N4OS. The smallest absolute Gasteiger partial charge is 0.204 e. The van der Waals surface area contributed by atoms with E-state index >= 15 is 0 Å². The first-order valence-corrected chi connectivity index (χ1v) is 10.2. The number of hydrazone groups is 1. The summed E-state index contributed by atoms with van der Waals surface area (Å²) in [5, 5.41) is 6.36. The first-order valence-electron chi connectivity index (χ1n) is 9.20. The Morgan fingerprint density at radius 2 is 1.92 bits per heavy atom. The van der Waals surface area contributed by atoms with Gasteiger partial charge in [0.2, 0.25) is 6.41 Å². The Bertz CT molecular complexity index is 627. The lowest BCUT2D eigenvalue weighted by Crippen LogP contribution is -2.27. The fourth-order valence-electron chi connectivity index (χ4n) is 2.95. The molecule has 6 heteroatoms. The van der Waals surface area contributed by atoms with Gasteiger partial charge in [-0.1, -0.05) is 44.7 Å². The molecule has 1 aromatic rings. The number of hydrogen-bond acceptors (Lipinski definition) is 5. The van der Waals surface area contributed by atoms with Crippen molar-refractivity contribution in [1.82, 2.24) is 5.01 Å². The van der Waals surface area contributed by atoms with Crippen molar-refractivity contribution in [1.29, 1.82) is 0 Å². The molecule has 2 atom stereocenters. The van der Waals surface area contributed by atoms with Gasteiger partial charge in [0.15, 0.2) is 6.17 Å². The number of amides is 1. The number of benzene rings is 1. The molecule has 1 aromatic carbocycles. The van der Waals surface area contributed by atoms with Crippen molar-refractivity contribution in [3.63, 3.8) is 0 Å². The predicted octanol–water partition coefficient (Wildman–Crippen LogP) is 4.16. The van der Waals surface area contributed by atoms with Gasteiger partial charge in [-0.3, -0.25) is 9.79 Å². The highest BCUT2D eigenvalue weighted by Crippen LogP contribution is 2.31. The molecule has 0 radical (unpaired) electrons. The number of rotatable bonds is 8. The average Bonchev–Trinajstić information content (AvgIpc) is 3.10. The molecule has 0 saturated carbocycles. The zero-order chi connectivity index (χ0) is 18.6. The molecule has 0 fully saturated rings. The Morgan fingerprint density at radius 3 is 2.65 bits per heavy atom. The van der Waals surface area contributed by atoms with Crippen LogP contribution in [0, 0.1) is 0 Å². The Hall–Kier alpha value is -2.08. The standard InChI is InChI=1S/C19H25N3S.CH3NO/c1-2-3-4-5-6-14-23-17-10-8-16(9-11-17)18-15-21-22-13-7-12-20-19(18)22;2-1-3/h7-13,15,18-19H,2-6,14H2,1H3;1H,(H2,2,3).